The molecule has 0 atom stereocenters. The maximum Gasteiger partial charge on any atom is 0.243 e. The molecule has 0 aromatic heterocycles. The van der Waals surface area contributed by atoms with Crippen molar-refractivity contribution in [2.45, 2.75) is 17.7 Å². The van der Waals surface area contributed by atoms with Gasteiger partial charge in [-0.2, -0.15) is 4.31 Å². The molecule has 1 fully saturated rings. The topological polar surface area (TPSA) is 103 Å². The van der Waals surface area contributed by atoms with Crippen LogP contribution in [-0.4, -0.2) is 60.2 Å². The third-order valence-corrected chi connectivity index (χ3v) is 7.36. The van der Waals surface area contributed by atoms with Gasteiger partial charge in [0.15, 0.2) is 23.0 Å². The van der Waals surface area contributed by atoms with Crippen LogP contribution >= 0.6 is 0 Å². The molecule has 3 rings (SSSR count). The number of hydrogen-bond donors (Lipinski definition) is 1. The van der Waals surface area contributed by atoms with Gasteiger partial charge in [-0.15, -0.1) is 0 Å². The first-order valence-electron chi connectivity index (χ1n) is 10.1. The summed E-state index contributed by atoms with van der Waals surface area (Å²) in [5.41, 5.74) is 0.591. The van der Waals surface area contributed by atoms with Gasteiger partial charge >= 0.3 is 0 Å². The molecule has 1 aliphatic rings. The number of piperidine rings is 1. The first kappa shape index (κ1) is 23.7. The van der Waals surface area contributed by atoms with Crippen LogP contribution < -0.4 is 24.3 Å². The SMILES string of the molecule is COc1ccc(NC(=O)C2CCN(S(=O)(=O)c3ccc(OC)c(OC)c3)CC2)cc1OC. The Morgan fingerprint density at radius 2 is 1.38 bits per heavy atom. The van der Waals surface area contributed by atoms with Gasteiger partial charge in [-0.1, -0.05) is 0 Å². The van der Waals surface area contributed by atoms with Crippen molar-refractivity contribution >= 4 is 21.6 Å². The van der Waals surface area contributed by atoms with Gasteiger partial charge in [-0.3, -0.25) is 4.79 Å². The molecule has 2 aromatic carbocycles. The lowest BCUT2D eigenvalue weighted by Crippen LogP contribution is -2.41. The van der Waals surface area contributed by atoms with Crippen LogP contribution in [0.4, 0.5) is 5.69 Å². The number of benzene rings is 2. The highest BCUT2D eigenvalue weighted by molar-refractivity contribution is 7.89. The van der Waals surface area contributed by atoms with E-state index in [0.29, 0.717) is 41.5 Å². The lowest BCUT2D eigenvalue weighted by molar-refractivity contribution is -0.120. The highest BCUT2D eigenvalue weighted by atomic mass is 32.2. The molecule has 1 N–H and O–H groups in total. The summed E-state index contributed by atoms with van der Waals surface area (Å²) in [4.78, 5) is 12.8. The number of carbonyl (C=O) groups is 1. The summed E-state index contributed by atoms with van der Waals surface area (Å²) < 4.78 is 48.4. The number of sulfonamides is 1. The number of ether oxygens (including phenoxy) is 4. The monoisotopic (exact) mass is 464 g/mol. The van der Waals surface area contributed by atoms with Crippen LogP contribution in [0.1, 0.15) is 12.8 Å². The Hall–Kier alpha value is -2.98. The van der Waals surface area contributed by atoms with Crippen molar-refractivity contribution < 1.29 is 32.2 Å². The second kappa shape index (κ2) is 10.1. The third kappa shape index (κ3) is 4.91. The summed E-state index contributed by atoms with van der Waals surface area (Å²) in [7, 11) is 2.30. The second-order valence-corrected chi connectivity index (χ2v) is 9.19. The smallest absolute Gasteiger partial charge is 0.243 e. The normalized spacial score (nSPS) is 15.1. The van der Waals surface area contributed by atoms with Gasteiger partial charge in [-0.25, -0.2) is 8.42 Å². The lowest BCUT2D eigenvalue weighted by atomic mass is 9.97. The molecular weight excluding hydrogens is 436 g/mol. The Kier molecular flexibility index (Phi) is 7.47. The molecule has 9 nitrogen and oxygen atoms in total. The Labute approximate surface area is 188 Å². The van der Waals surface area contributed by atoms with Crippen LogP contribution in [0.25, 0.3) is 0 Å². The standard InChI is InChI=1S/C22H28N2O7S/c1-28-18-7-5-16(13-20(18)30-3)23-22(25)15-9-11-24(12-10-15)32(26,27)17-6-8-19(29-2)21(14-17)31-4/h5-8,13-15H,9-12H2,1-4H3,(H,23,25). The molecule has 32 heavy (non-hydrogen) atoms. The first-order valence-corrected chi connectivity index (χ1v) is 11.5. The van der Waals surface area contributed by atoms with Crippen LogP contribution in [0.15, 0.2) is 41.3 Å². The van der Waals surface area contributed by atoms with E-state index < -0.39 is 10.0 Å². The summed E-state index contributed by atoms with van der Waals surface area (Å²) >= 11 is 0. The maximum absolute atomic E-state index is 13.1. The summed E-state index contributed by atoms with van der Waals surface area (Å²) in [6, 6.07) is 9.64. The van der Waals surface area contributed by atoms with Crippen molar-refractivity contribution in [1.82, 2.24) is 4.31 Å². The molecule has 0 aliphatic carbocycles. The molecule has 0 radical (unpaired) electrons. The van der Waals surface area contributed by atoms with Crippen LogP contribution in [0.3, 0.4) is 0 Å². The Balaban J connectivity index is 1.65. The van der Waals surface area contributed by atoms with Crippen molar-refractivity contribution in [2.24, 2.45) is 5.92 Å². The zero-order valence-corrected chi connectivity index (χ0v) is 19.4. The van der Waals surface area contributed by atoms with E-state index in [0.717, 1.165) is 0 Å². The summed E-state index contributed by atoms with van der Waals surface area (Å²) in [6.07, 6.45) is 0.845. The van der Waals surface area contributed by atoms with E-state index in [4.69, 9.17) is 18.9 Å². The van der Waals surface area contributed by atoms with Gasteiger partial charge in [0.25, 0.3) is 0 Å². The van der Waals surface area contributed by atoms with E-state index >= 15 is 0 Å². The molecular formula is C22H28N2O7S. The maximum atomic E-state index is 13.1. The van der Waals surface area contributed by atoms with Gasteiger partial charge in [0.2, 0.25) is 15.9 Å². The van der Waals surface area contributed by atoms with Gasteiger partial charge in [-0.05, 0) is 37.1 Å². The first-order chi connectivity index (χ1) is 15.3. The van der Waals surface area contributed by atoms with E-state index in [-0.39, 0.29) is 29.8 Å². The molecule has 2 aromatic rings. The van der Waals surface area contributed by atoms with E-state index in [2.05, 4.69) is 5.32 Å². The zero-order valence-electron chi connectivity index (χ0n) is 18.6. The molecule has 1 saturated heterocycles. The van der Waals surface area contributed by atoms with Gasteiger partial charge < -0.3 is 24.3 Å². The second-order valence-electron chi connectivity index (χ2n) is 7.25. The van der Waals surface area contributed by atoms with Crippen molar-refractivity contribution in [3.05, 3.63) is 36.4 Å². The van der Waals surface area contributed by atoms with Crippen molar-refractivity contribution in [2.75, 3.05) is 46.8 Å². The average Bonchev–Trinajstić information content (AvgIpc) is 2.83. The number of carbonyl (C=O) groups excluding carboxylic acids is 1. The largest absolute Gasteiger partial charge is 0.493 e. The predicted molar refractivity (Wildman–Crippen MR) is 119 cm³/mol. The molecule has 1 aliphatic heterocycles. The molecule has 0 saturated carbocycles. The van der Waals surface area contributed by atoms with E-state index in [9.17, 15) is 13.2 Å². The lowest BCUT2D eigenvalue weighted by Gasteiger charge is -2.30. The summed E-state index contributed by atoms with van der Waals surface area (Å²) in [5.74, 6) is 1.44. The Morgan fingerprint density at radius 1 is 0.844 bits per heavy atom. The Bertz CT molecular complexity index is 1060. The summed E-state index contributed by atoms with van der Waals surface area (Å²) in [5, 5.41) is 2.88. The number of rotatable bonds is 8. The minimum atomic E-state index is -3.71. The minimum Gasteiger partial charge on any atom is -0.493 e. The zero-order chi connectivity index (χ0) is 23.3. The Morgan fingerprint density at radius 3 is 1.94 bits per heavy atom. The fourth-order valence-corrected chi connectivity index (χ4v) is 5.13. The van der Waals surface area contributed by atoms with E-state index in [1.807, 2.05) is 0 Å². The fourth-order valence-electron chi connectivity index (χ4n) is 3.64. The highest BCUT2D eigenvalue weighted by Gasteiger charge is 2.32. The van der Waals surface area contributed by atoms with E-state index in [1.54, 1.807) is 31.4 Å². The fraction of sp³-hybridized carbons (Fsp3) is 0.409. The van der Waals surface area contributed by atoms with Crippen molar-refractivity contribution in [3.63, 3.8) is 0 Å². The number of nitrogens with zero attached hydrogens (tertiary/aromatic N) is 1. The van der Waals surface area contributed by atoms with Crippen LogP contribution in [-0.2, 0) is 14.8 Å². The van der Waals surface area contributed by atoms with Crippen molar-refractivity contribution in [1.29, 1.82) is 0 Å². The number of anilines is 1. The van der Waals surface area contributed by atoms with Crippen LogP contribution in [0.5, 0.6) is 23.0 Å². The molecule has 0 bridgehead atoms. The molecule has 1 amide bonds. The predicted octanol–water partition coefficient (Wildman–Crippen LogP) is 2.76. The van der Waals surface area contributed by atoms with Crippen LogP contribution in [0, 0.1) is 5.92 Å². The average molecular weight is 465 g/mol. The van der Waals surface area contributed by atoms with Gasteiger partial charge in [0, 0.05) is 36.8 Å². The van der Waals surface area contributed by atoms with Gasteiger partial charge in [0.05, 0.1) is 33.3 Å². The number of amides is 1. The third-order valence-electron chi connectivity index (χ3n) is 5.47. The summed E-state index contributed by atoms with van der Waals surface area (Å²) in [6.45, 7) is 0.501. The molecule has 0 spiro atoms. The molecule has 174 valence electrons. The number of nitrogens with one attached hydrogen (secondary N) is 1. The molecule has 10 heteroatoms. The minimum absolute atomic E-state index is 0.128. The molecule has 0 unspecified atom stereocenters. The number of hydrogen-bond acceptors (Lipinski definition) is 7. The quantitative estimate of drug-likeness (QED) is 0.641. The highest BCUT2D eigenvalue weighted by Crippen LogP contribution is 2.33. The van der Waals surface area contributed by atoms with Crippen molar-refractivity contribution in [3.8, 4) is 23.0 Å². The van der Waals surface area contributed by atoms with Crippen LogP contribution in [0.2, 0.25) is 0 Å². The van der Waals surface area contributed by atoms with E-state index in [1.165, 1.54) is 37.8 Å². The van der Waals surface area contributed by atoms with Gasteiger partial charge in [0.1, 0.15) is 0 Å². The number of methoxy groups -OCH3 is 4. The molecule has 1 heterocycles.